The van der Waals surface area contributed by atoms with Crippen molar-refractivity contribution in [3.05, 3.63) is 0 Å². The minimum Gasteiger partial charge on any atom is -0.480 e. The van der Waals surface area contributed by atoms with Gasteiger partial charge < -0.3 is 15.7 Å². The predicted octanol–water partition coefficient (Wildman–Crippen LogP) is 1.61. The molecule has 0 spiro atoms. The molecule has 2 atom stereocenters. The summed E-state index contributed by atoms with van der Waals surface area (Å²) in [6, 6.07) is -0.869. The maximum absolute atomic E-state index is 12.2. The summed E-state index contributed by atoms with van der Waals surface area (Å²) in [5.74, 6) is -1.03. The zero-order valence-corrected chi connectivity index (χ0v) is 12.2. The first kappa shape index (κ1) is 16.0. The Hall–Kier alpha value is -1.10. The first-order valence-corrected chi connectivity index (χ1v) is 6.98. The number of piperidine rings is 1. The molecule has 1 aliphatic heterocycles. The lowest BCUT2D eigenvalue weighted by molar-refractivity contribution is -0.152. The Bertz CT molecular complexity index is 336. The van der Waals surface area contributed by atoms with Crippen molar-refractivity contribution in [2.75, 3.05) is 6.54 Å². The first-order valence-electron chi connectivity index (χ1n) is 6.98. The number of rotatable bonds is 4. The van der Waals surface area contributed by atoms with Crippen LogP contribution in [0.25, 0.3) is 0 Å². The van der Waals surface area contributed by atoms with Crippen molar-refractivity contribution in [2.45, 2.75) is 65.0 Å². The number of carboxylic acids is 1. The Morgan fingerprint density at radius 1 is 1.37 bits per heavy atom. The molecule has 0 aromatic rings. The Kier molecular flexibility index (Phi) is 5.35. The predicted molar refractivity (Wildman–Crippen MR) is 73.7 cm³/mol. The molecule has 1 rings (SSSR count). The highest BCUT2D eigenvalue weighted by atomic mass is 16.4. The molecule has 3 N–H and O–H groups in total. The standard InChI is InChI=1S/C14H26N2O3/c1-14(2,3)9-10(15)8-12(17)16-7-5-4-6-11(16)13(18)19/h10-11H,4-9,15H2,1-3H3,(H,18,19)/t10?,11-/m1/s1. The van der Waals surface area contributed by atoms with Crippen LogP contribution in [-0.4, -0.2) is 40.5 Å². The van der Waals surface area contributed by atoms with Gasteiger partial charge in [-0.2, -0.15) is 0 Å². The summed E-state index contributed by atoms with van der Waals surface area (Å²) in [5, 5.41) is 9.15. The molecule has 1 fully saturated rings. The Morgan fingerprint density at radius 3 is 2.53 bits per heavy atom. The minimum atomic E-state index is -0.905. The molecule has 5 heteroatoms. The number of carboxylic acid groups (broad SMARTS) is 1. The van der Waals surface area contributed by atoms with Crippen molar-refractivity contribution in [2.24, 2.45) is 11.1 Å². The van der Waals surface area contributed by atoms with Crippen LogP contribution in [0.15, 0.2) is 0 Å². The van der Waals surface area contributed by atoms with E-state index in [4.69, 9.17) is 10.8 Å². The fourth-order valence-electron chi connectivity index (χ4n) is 2.69. The maximum Gasteiger partial charge on any atom is 0.326 e. The molecule has 1 aliphatic rings. The monoisotopic (exact) mass is 270 g/mol. The van der Waals surface area contributed by atoms with Gasteiger partial charge in [0, 0.05) is 19.0 Å². The molecular weight excluding hydrogens is 244 g/mol. The quantitative estimate of drug-likeness (QED) is 0.813. The lowest BCUT2D eigenvalue weighted by atomic mass is 9.87. The van der Waals surface area contributed by atoms with Gasteiger partial charge in [0.05, 0.1) is 0 Å². The van der Waals surface area contributed by atoms with Gasteiger partial charge in [0.2, 0.25) is 5.91 Å². The van der Waals surface area contributed by atoms with Crippen LogP contribution in [0.3, 0.4) is 0 Å². The molecule has 0 aliphatic carbocycles. The molecule has 110 valence electrons. The molecule has 0 saturated carbocycles. The van der Waals surface area contributed by atoms with Crippen LogP contribution in [0, 0.1) is 5.41 Å². The number of likely N-dealkylation sites (tertiary alicyclic amines) is 1. The second-order valence-electron chi connectivity index (χ2n) is 6.67. The molecule has 5 nitrogen and oxygen atoms in total. The number of aliphatic carboxylic acids is 1. The normalized spacial score (nSPS) is 22.1. The van der Waals surface area contributed by atoms with Crippen molar-refractivity contribution in [3.8, 4) is 0 Å². The zero-order valence-electron chi connectivity index (χ0n) is 12.2. The van der Waals surface area contributed by atoms with E-state index in [2.05, 4.69) is 20.8 Å². The Morgan fingerprint density at radius 2 is 2.00 bits per heavy atom. The summed E-state index contributed by atoms with van der Waals surface area (Å²) < 4.78 is 0. The zero-order chi connectivity index (χ0) is 14.6. The highest BCUT2D eigenvalue weighted by Crippen LogP contribution is 2.23. The van der Waals surface area contributed by atoms with Crippen LogP contribution in [0.5, 0.6) is 0 Å². The van der Waals surface area contributed by atoms with Gasteiger partial charge in [-0.05, 0) is 31.1 Å². The lowest BCUT2D eigenvalue weighted by Gasteiger charge is -2.34. The van der Waals surface area contributed by atoms with Crippen molar-refractivity contribution in [1.29, 1.82) is 0 Å². The van der Waals surface area contributed by atoms with Crippen molar-refractivity contribution in [3.63, 3.8) is 0 Å². The van der Waals surface area contributed by atoms with E-state index in [0.29, 0.717) is 13.0 Å². The summed E-state index contributed by atoms with van der Waals surface area (Å²) in [6.07, 6.45) is 3.29. The van der Waals surface area contributed by atoms with Gasteiger partial charge in [-0.15, -0.1) is 0 Å². The summed E-state index contributed by atoms with van der Waals surface area (Å²) in [5.41, 5.74) is 6.07. The van der Waals surface area contributed by atoms with Crippen molar-refractivity contribution < 1.29 is 14.7 Å². The van der Waals surface area contributed by atoms with Crippen LogP contribution in [0.1, 0.15) is 52.9 Å². The number of nitrogens with zero attached hydrogens (tertiary/aromatic N) is 1. The molecule has 0 aromatic carbocycles. The van der Waals surface area contributed by atoms with Crippen molar-refractivity contribution >= 4 is 11.9 Å². The Balaban J connectivity index is 2.58. The topological polar surface area (TPSA) is 83.6 Å². The maximum atomic E-state index is 12.2. The number of carbonyl (C=O) groups excluding carboxylic acids is 1. The highest BCUT2D eigenvalue weighted by molar-refractivity contribution is 5.84. The van der Waals surface area contributed by atoms with Crippen LogP contribution in [0.4, 0.5) is 0 Å². The third-order valence-corrected chi connectivity index (χ3v) is 3.42. The average molecular weight is 270 g/mol. The Labute approximate surface area is 115 Å². The summed E-state index contributed by atoms with van der Waals surface area (Å²) in [7, 11) is 0. The minimum absolute atomic E-state index is 0.0772. The molecule has 0 radical (unpaired) electrons. The van der Waals surface area contributed by atoms with Gasteiger partial charge in [0.1, 0.15) is 6.04 Å². The summed E-state index contributed by atoms with van der Waals surface area (Å²) in [4.78, 5) is 24.8. The second-order valence-corrected chi connectivity index (χ2v) is 6.67. The largest absolute Gasteiger partial charge is 0.480 e. The van der Waals surface area contributed by atoms with E-state index in [1.807, 2.05) is 0 Å². The van der Waals surface area contributed by atoms with Crippen molar-refractivity contribution in [1.82, 2.24) is 4.90 Å². The van der Waals surface area contributed by atoms with E-state index in [1.165, 1.54) is 4.90 Å². The van der Waals surface area contributed by atoms with E-state index in [9.17, 15) is 9.59 Å². The molecular formula is C14H26N2O3. The van der Waals surface area contributed by atoms with Gasteiger partial charge >= 0.3 is 5.97 Å². The molecule has 1 saturated heterocycles. The SMILES string of the molecule is CC(C)(C)CC(N)CC(=O)N1CCCC[C@@H]1C(=O)O. The molecule has 1 heterocycles. The van der Waals surface area contributed by atoms with Gasteiger partial charge in [-0.25, -0.2) is 4.79 Å². The van der Waals surface area contributed by atoms with E-state index >= 15 is 0 Å². The van der Waals surface area contributed by atoms with Crippen LogP contribution >= 0.6 is 0 Å². The average Bonchev–Trinajstić information content (AvgIpc) is 2.26. The summed E-state index contributed by atoms with van der Waals surface area (Å²) in [6.45, 7) is 6.78. The van der Waals surface area contributed by atoms with Gasteiger partial charge in [-0.1, -0.05) is 20.8 Å². The smallest absolute Gasteiger partial charge is 0.326 e. The third kappa shape index (κ3) is 5.19. The molecule has 19 heavy (non-hydrogen) atoms. The molecule has 1 unspecified atom stereocenters. The van der Waals surface area contributed by atoms with E-state index < -0.39 is 12.0 Å². The van der Waals surface area contributed by atoms with Gasteiger partial charge in [0.15, 0.2) is 0 Å². The molecule has 0 bridgehead atoms. The lowest BCUT2D eigenvalue weighted by Crippen LogP contribution is -2.49. The van der Waals surface area contributed by atoms with Crippen LogP contribution in [0.2, 0.25) is 0 Å². The number of nitrogens with two attached hydrogens (primary N) is 1. The summed E-state index contributed by atoms with van der Waals surface area (Å²) >= 11 is 0. The number of carbonyl (C=O) groups is 2. The van der Waals surface area contributed by atoms with Gasteiger partial charge in [-0.3, -0.25) is 4.79 Å². The molecule has 0 aromatic heterocycles. The van der Waals surface area contributed by atoms with Gasteiger partial charge in [0.25, 0.3) is 0 Å². The number of hydrogen-bond acceptors (Lipinski definition) is 3. The van der Waals surface area contributed by atoms with Crippen LogP contribution in [-0.2, 0) is 9.59 Å². The second kappa shape index (κ2) is 6.37. The van der Waals surface area contributed by atoms with E-state index in [0.717, 1.165) is 19.3 Å². The third-order valence-electron chi connectivity index (χ3n) is 3.42. The fraction of sp³-hybridized carbons (Fsp3) is 0.857. The number of hydrogen-bond donors (Lipinski definition) is 2. The molecule has 1 amide bonds. The highest BCUT2D eigenvalue weighted by Gasteiger charge is 2.32. The van der Waals surface area contributed by atoms with Crippen LogP contribution < -0.4 is 5.73 Å². The first-order chi connectivity index (χ1) is 8.70. The van der Waals surface area contributed by atoms with E-state index in [1.54, 1.807) is 0 Å². The number of amides is 1. The fourth-order valence-corrected chi connectivity index (χ4v) is 2.69. The van der Waals surface area contributed by atoms with E-state index in [-0.39, 0.29) is 23.8 Å².